The Labute approximate surface area is 403 Å². The first-order chi connectivity index (χ1) is 33.5. The summed E-state index contributed by atoms with van der Waals surface area (Å²) in [7, 11) is 0. The topological polar surface area (TPSA) is 3.24 Å². The molecular weight excluding hydrogens is 839 g/mol. The molecule has 0 radical (unpaired) electrons. The van der Waals surface area contributed by atoms with Crippen LogP contribution in [0.4, 0.5) is 17.1 Å². The van der Waals surface area contributed by atoms with E-state index < -0.39 is 0 Å². The van der Waals surface area contributed by atoms with E-state index in [2.05, 4.69) is 250 Å². The van der Waals surface area contributed by atoms with Crippen molar-refractivity contribution in [2.75, 3.05) is 11.2 Å². The number of hydrogen-bond donors (Lipinski definition) is 0. The molecule has 0 amide bonds. The number of benzene rings is 11. The normalized spacial score (nSPS) is 11.6. The van der Waals surface area contributed by atoms with Crippen molar-refractivity contribution in [1.29, 1.82) is 0 Å². The zero-order chi connectivity index (χ0) is 46.1. The fraction of sp³-hybridized carbons (Fsp3) is 0.0303. The van der Waals surface area contributed by atoms with Gasteiger partial charge in [0, 0.05) is 22.0 Å². The molecule has 0 unspecified atom stereocenters. The summed E-state index contributed by atoms with van der Waals surface area (Å²) in [6, 6.07) is 80.7. The molecule has 324 valence electrons. The fourth-order valence-electron chi connectivity index (χ4n) is 10.1. The van der Waals surface area contributed by atoms with E-state index in [0.717, 1.165) is 28.2 Å². The predicted octanol–water partition coefficient (Wildman–Crippen LogP) is 19.2. The van der Waals surface area contributed by atoms with Crippen molar-refractivity contribution in [3.8, 4) is 44.5 Å². The second-order valence-corrected chi connectivity index (χ2v) is 18.3. The molecule has 0 atom stereocenters. The number of thioether (sulfide) groups is 1. The summed E-state index contributed by atoms with van der Waals surface area (Å²) in [6.45, 7) is 10.2. The van der Waals surface area contributed by atoms with Crippen LogP contribution in [0.3, 0.4) is 0 Å². The molecule has 11 aromatic carbocycles. The van der Waals surface area contributed by atoms with Gasteiger partial charge in [-0.25, -0.2) is 0 Å². The lowest BCUT2D eigenvalue weighted by molar-refractivity contribution is 1.27. The van der Waals surface area contributed by atoms with E-state index in [9.17, 15) is 0 Å². The smallest absolute Gasteiger partial charge is 0.0468 e. The molecule has 0 saturated heterocycles. The van der Waals surface area contributed by atoms with E-state index in [4.69, 9.17) is 0 Å². The minimum atomic E-state index is 1.03. The summed E-state index contributed by atoms with van der Waals surface area (Å²) in [4.78, 5) is 3.60. The van der Waals surface area contributed by atoms with Crippen molar-refractivity contribution in [1.82, 2.24) is 0 Å². The van der Waals surface area contributed by atoms with Crippen LogP contribution in [0.5, 0.6) is 0 Å². The Morgan fingerprint density at radius 2 is 0.897 bits per heavy atom. The first-order valence-electron chi connectivity index (χ1n) is 23.2. The third-order valence-electron chi connectivity index (χ3n) is 13.4. The maximum atomic E-state index is 4.08. The summed E-state index contributed by atoms with van der Waals surface area (Å²) in [5.41, 5.74) is 16.3. The molecule has 68 heavy (non-hydrogen) atoms. The number of rotatable bonds is 11. The molecule has 0 spiro atoms. The Kier molecular flexibility index (Phi) is 11.4. The maximum absolute atomic E-state index is 4.08. The highest BCUT2D eigenvalue weighted by atomic mass is 32.2. The first kappa shape index (κ1) is 42.5. The molecule has 0 aliphatic heterocycles. The monoisotopic (exact) mass is 887 g/mol. The average Bonchev–Trinajstić information content (AvgIpc) is 3.40. The van der Waals surface area contributed by atoms with Crippen molar-refractivity contribution < 1.29 is 0 Å². The number of allylic oxidation sites excluding steroid dienone is 4. The van der Waals surface area contributed by atoms with Crippen LogP contribution in [-0.2, 0) is 0 Å². The molecule has 0 fully saturated rings. The van der Waals surface area contributed by atoms with Gasteiger partial charge in [-0.3, -0.25) is 0 Å². The Morgan fingerprint density at radius 1 is 0.426 bits per heavy atom. The van der Waals surface area contributed by atoms with Gasteiger partial charge >= 0.3 is 0 Å². The predicted molar refractivity (Wildman–Crippen MR) is 298 cm³/mol. The Bertz CT molecular complexity index is 3720. The van der Waals surface area contributed by atoms with Crippen molar-refractivity contribution >= 4 is 77.5 Å². The number of aryl methyl sites for hydroxylation is 1. The van der Waals surface area contributed by atoms with Crippen molar-refractivity contribution in [2.24, 2.45) is 0 Å². The summed E-state index contributed by atoms with van der Waals surface area (Å²) < 4.78 is 0. The van der Waals surface area contributed by atoms with E-state index in [0.29, 0.717) is 0 Å². The van der Waals surface area contributed by atoms with Gasteiger partial charge in [-0.2, -0.15) is 0 Å². The average molecular weight is 888 g/mol. The van der Waals surface area contributed by atoms with Crippen LogP contribution in [0.15, 0.2) is 255 Å². The van der Waals surface area contributed by atoms with Gasteiger partial charge in [0.15, 0.2) is 0 Å². The zero-order valence-electron chi connectivity index (χ0n) is 38.3. The molecular formula is C66H49NS. The summed E-state index contributed by atoms with van der Waals surface area (Å²) in [5, 5.41) is 9.85. The van der Waals surface area contributed by atoms with E-state index in [1.54, 1.807) is 11.8 Å². The van der Waals surface area contributed by atoms with E-state index >= 15 is 0 Å². The van der Waals surface area contributed by atoms with Crippen LogP contribution < -0.4 is 4.90 Å². The van der Waals surface area contributed by atoms with Crippen LogP contribution in [-0.4, -0.2) is 6.26 Å². The number of fused-ring (bicyclic) bond motifs is 4. The van der Waals surface area contributed by atoms with Crippen LogP contribution in [0, 0.1) is 6.92 Å². The van der Waals surface area contributed by atoms with Crippen LogP contribution >= 0.6 is 11.8 Å². The molecule has 1 nitrogen and oxygen atoms in total. The number of anilines is 3. The van der Waals surface area contributed by atoms with Gasteiger partial charge in [0.1, 0.15) is 0 Å². The van der Waals surface area contributed by atoms with Crippen molar-refractivity contribution in [3.05, 3.63) is 261 Å². The maximum Gasteiger partial charge on any atom is 0.0468 e. The molecule has 0 N–H and O–H groups in total. The van der Waals surface area contributed by atoms with E-state index in [1.165, 1.54) is 98.1 Å². The molecule has 0 aliphatic rings. The van der Waals surface area contributed by atoms with Gasteiger partial charge < -0.3 is 4.90 Å². The minimum absolute atomic E-state index is 1.03. The largest absolute Gasteiger partial charge is 0.310 e. The SMILES string of the molecule is C=C/C=C(\C=C)c1ccc(N(c2ccc(SC)cc2)c2ccc3c(-c4ccc(-c5cccc6ccccc56)cc4)c4cc(C)ccc4c(-c4ccc(-c5cccc6ccccc56)cc4)c3c2)cc1. The first-order valence-corrected chi connectivity index (χ1v) is 24.4. The number of nitrogens with zero attached hydrogens (tertiary/aromatic N) is 1. The highest BCUT2D eigenvalue weighted by Gasteiger charge is 2.21. The van der Waals surface area contributed by atoms with Crippen LogP contribution in [0.2, 0.25) is 0 Å². The van der Waals surface area contributed by atoms with Gasteiger partial charge in [-0.05, 0) is 160 Å². The van der Waals surface area contributed by atoms with Gasteiger partial charge in [0.05, 0.1) is 0 Å². The highest BCUT2D eigenvalue weighted by Crippen LogP contribution is 2.47. The lowest BCUT2D eigenvalue weighted by Gasteiger charge is -2.27. The van der Waals surface area contributed by atoms with E-state index in [1.807, 2.05) is 18.2 Å². The lowest BCUT2D eigenvalue weighted by Crippen LogP contribution is -2.10. The lowest BCUT2D eigenvalue weighted by atomic mass is 9.84. The molecule has 0 bridgehead atoms. The molecule has 11 rings (SSSR count). The quantitative estimate of drug-likeness (QED) is 0.0723. The van der Waals surface area contributed by atoms with Crippen LogP contribution in [0.1, 0.15) is 11.1 Å². The third-order valence-corrected chi connectivity index (χ3v) is 14.1. The fourth-order valence-corrected chi connectivity index (χ4v) is 10.5. The van der Waals surface area contributed by atoms with Crippen LogP contribution in [0.25, 0.3) is 93.2 Å². The van der Waals surface area contributed by atoms with Gasteiger partial charge in [0.25, 0.3) is 0 Å². The third kappa shape index (κ3) is 7.79. The zero-order valence-corrected chi connectivity index (χ0v) is 39.1. The van der Waals surface area contributed by atoms with Gasteiger partial charge in [-0.1, -0.05) is 207 Å². The Morgan fingerprint density at radius 3 is 1.43 bits per heavy atom. The number of hydrogen-bond acceptors (Lipinski definition) is 2. The standard InChI is InChI=1S/C66H49NS/c1-5-13-45(6-2)46-31-33-53(34-32-46)67(54-35-38-56(68-4)39-36-54)55-37-41-62-64(43-55)66(52-29-25-50(26-30-52)60-21-12-17-48-15-8-10-19-58(48)60)61-40-22-44(3)42-63(61)65(62)51-27-23-49(24-28-51)59-20-11-16-47-14-7-9-18-57(47)59/h5-43H,1-2H2,3-4H3/b45-13+. The second kappa shape index (κ2) is 18.2. The van der Waals surface area contributed by atoms with Crippen molar-refractivity contribution in [3.63, 3.8) is 0 Å². The second-order valence-electron chi connectivity index (χ2n) is 17.4. The molecule has 0 saturated carbocycles. The highest BCUT2D eigenvalue weighted by molar-refractivity contribution is 7.98. The summed E-state index contributed by atoms with van der Waals surface area (Å²) in [6.07, 6.45) is 7.82. The Balaban J connectivity index is 1.15. The molecule has 2 heteroatoms. The Hall–Kier alpha value is -8.17. The molecule has 0 heterocycles. The summed E-state index contributed by atoms with van der Waals surface area (Å²) in [5.74, 6) is 0. The minimum Gasteiger partial charge on any atom is -0.310 e. The summed E-state index contributed by atoms with van der Waals surface area (Å²) >= 11 is 1.75. The molecule has 0 aliphatic carbocycles. The van der Waals surface area contributed by atoms with Gasteiger partial charge in [0.2, 0.25) is 0 Å². The van der Waals surface area contributed by atoms with Gasteiger partial charge in [-0.15, -0.1) is 11.8 Å². The molecule has 0 aromatic heterocycles. The van der Waals surface area contributed by atoms with E-state index in [-0.39, 0.29) is 0 Å². The molecule has 11 aromatic rings. The van der Waals surface area contributed by atoms with Crippen molar-refractivity contribution in [2.45, 2.75) is 11.8 Å².